The topological polar surface area (TPSA) is 51.3 Å². The molecule has 1 aliphatic rings. The molecule has 0 aliphatic carbocycles. The smallest absolute Gasteiger partial charge is 0.170 e. The lowest BCUT2D eigenvalue weighted by Gasteiger charge is -2.09. The zero-order chi connectivity index (χ0) is 13.9. The monoisotopic (exact) mass is 273 g/mol. The second-order valence-corrected chi connectivity index (χ2v) is 5.15. The molecule has 3 rings (SSSR count). The number of hydrogen-bond acceptors (Lipinski definition) is 3. The fourth-order valence-electron chi connectivity index (χ4n) is 2.64. The van der Waals surface area contributed by atoms with E-state index in [-0.39, 0.29) is 11.7 Å². The number of aromatic amines is 1. The number of hydrogen-bond donors (Lipinski definition) is 1. The lowest BCUT2D eigenvalue weighted by molar-refractivity contribution is 0.0902. The van der Waals surface area contributed by atoms with Crippen molar-refractivity contribution in [1.82, 2.24) is 4.98 Å². The van der Waals surface area contributed by atoms with Crippen LogP contribution in [0.2, 0.25) is 0 Å². The maximum atomic E-state index is 12.6. The lowest BCUT2D eigenvalue weighted by Crippen LogP contribution is -2.14. The second kappa shape index (κ2) is 5.67. The van der Waals surface area contributed by atoms with Crippen LogP contribution in [-0.2, 0) is 4.74 Å². The van der Waals surface area contributed by atoms with Crippen LogP contribution >= 0.6 is 0 Å². The number of fused-ring (bicyclic) bond motifs is 1. The predicted molar refractivity (Wildman–Crippen MR) is 77.3 cm³/mol. The largest absolute Gasteiger partial charge is 0.493 e. The van der Waals surface area contributed by atoms with Gasteiger partial charge in [-0.2, -0.15) is 0 Å². The third kappa shape index (κ3) is 2.31. The summed E-state index contributed by atoms with van der Waals surface area (Å²) in [6.07, 6.45) is 3.55. The third-order valence-corrected chi connectivity index (χ3v) is 3.70. The first-order chi connectivity index (χ1) is 9.81. The van der Waals surface area contributed by atoms with Crippen LogP contribution in [0, 0.1) is 5.92 Å². The molecule has 1 aliphatic heterocycles. The molecule has 4 heteroatoms. The van der Waals surface area contributed by atoms with Gasteiger partial charge in [-0.1, -0.05) is 13.0 Å². The summed E-state index contributed by atoms with van der Waals surface area (Å²) >= 11 is 0. The van der Waals surface area contributed by atoms with E-state index in [1.165, 1.54) is 0 Å². The van der Waals surface area contributed by atoms with Crippen LogP contribution < -0.4 is 4.74 Å². The van der Waals surface area contributed by atoms with Crippen LogP contribution in [0.3, 0.4) is 0 Å². The number of nitrogens with one attached hydrogen (secondary N) is 1. The molecule has 0 spiro atoms. The fraction of sp³-hybridized carbons (Fsp3) is 0.438. The summed E-state index contributed by atoms with van der Waals surface area (Å²) in [5.41, 5.74) is 1.67. The Morgan fingerprint density at radius 2 is 2.40 bits per heavy atom. The molecule has 1 fully saturated rings. The molecule has 0 bridgehead atoms. The fourth-order valence-corrected chi connectivity index (χ4v) is 2.64. The normalized spacial score (nSPS) is 18.6. The molecule has 0 saturated carbocycles. The number of ether oxygens (including phenoxy) is 2. The van der Waals surface area contributed by atoms with Crippen LogP contribution in [0.5, 0.6) is 5.75 Å². The molecule has 106 valence electrons. The number of H-pyrrole nitrogens is 1. The molecule has 2 aromatic rings. The molecular formula is C16H19NO3. The lowest BCUT2D eigenvalue weighted by atomic mass is 9.96. The Morgan fingerprint density at radius 3 is 3.15 bits per heavy atom. The summed E-state index contributed by atoms with van der Waals surface area (Å²) in [5, 5.41) is 0.901. The first-order valence-electron chi connectivity index (χ1n) is 7.16. The first-order valence-corrected chi connectivity index (χ1v) is 7.16. The summed E-state index contributed by atoms with van der Waals surface area (Å²) < 4.78 is 11.1. The van der Waals surface area contributed by atoms with Crippen molar-refractivity contribution in [3.63, 3.8) is 0 Å². The van der Waals surface area contributed by atoms with Crippen molar-refractivity contribution >= 4 is 16.7 Å². The minimum atomic E-state index is -0.0202. The van der Waals surface area contributed by atoms with Gasteiger partial charge in [0.15, 0.2) is 5.78 Å². The second-order valence-electron chi connectivity index (χ2n) is 5.15. The van der Waals surface area contributed by atoms with E-state index in [1.807, 2.05) is 18.2 Å². The Labute approximate surface area is 118 Å². The van der Waals surface area contributed by atoms with Crippen molar-refractivity contribution in [3.05, 3.63) is 30.0 Å². The van der Waals surface area contributed by atoms with Crippen LogP contribution in [0.25, 0.3) is 10.9 Å². The molecule has 0 amide bonds. The van der Waals surface area contributed by atoms with E-state index < -0.39 is 0 Å². The molecule has 2 heterocycles. The first kappa shape index (κ1) is 13.2. The number of Topliss-reactive ketones (excluding diaryl/α,β-unsaturated/α-hetero) is 1. The Bertz CT molecular complexity index is 611. The van der Waals surface area contributed by atoms with Gasteiger partial charge in [-0.25, -0.2) is 0 Å². The Morgan fingerprint density at radius 1 is 1.50 bits per heavy atom. The molecule has 4 nitrogen and oxygen atoms in total. The highest BCUT2D eigenvalue weighted by atomic mass is 16.5. The van der Waals surface area contributed by atoms with Crippen molar-refractivity contribution in [3.8, 4) is 5.75 Å². The van der Waals surface area contributed by atoms with Crippen molar-refractivity contribution in [1.29, 1.82) is 0 Å². The van der Waals surface area contributed by atoms with E-state index in [0.717, 1.165) is 35.1 Å². The highest BCUT2D eigenvalue weighted by molar-refractivity contribution is 6.11. The average Bonchev–Trinajstić information content (AvgIpc) is 3.13. The van der Waals surface area contributed by atoms with E-state index in [0.29, 0.717) is 19.8 Å². The van der Waals surface area contributed by atoms with Crippen LogP contribution in [0.1, 0.15) is 30.1 Å². The van der Waals surface area contributed by atoms with Gasteiger partial charge in [-0.3, -0.25) is 4.79 Å². The zero-order valence-corrected chi connectivity index (χ0v) is 11.6. The van der Waals surface area contributed by atoms with Crippen molar-refractivity contribution in [2.45, 2.75) is 19.8 Å². The molecule has 1 aromatic carbocycles. The number of carbonyl (C=O) groups is 1. The average molecular weight is 273 g/mol. The van der Waals surface area contributed by atoms with Crippen LogP contribution in [0.4, 0.5) is 0 Å². The molecule has 1 atom stereocenters. The number of aromatic nitrogens is 1. The quantitative estimate of drug-likeness (QED) is 0.851. The highest BCUT2D eigenvalue weighted by Gasteiger charge is 2.27. The minimum absolute atomic E-state index is 0.0202. The molecule has 1 N–H and O–H groups in total. The standard InChI is InChI=1S/C16H19NO3/c1-2-7-20-14-5-3-4-13-15(14)12(9-17-13)16(18)11-6-8-19-10-11/h3-5,9,11,17H,2,6-8,10H2,1H3. The Balaban J connectivity index is 1.99. The van der Waals surface area contributed by atoms with Crippen LogP contribution in [0.15, 0.2) is 24.4 Å². The van der Waals surface area contributed by atoms with Crippen molar-refractivity contribution in [2.75, 3.05) is 19.8 Å². The van der Waals surface area contributed by atoms with Gasteiger partial charge in [0.2, 0.25) is 0 Å². The predicted octanol–water partition coefficient (Wildman–Crippen LogP) is 3.18. The Kier molecular flexibility index (Phi) is 3.74. The zero-order valence-electron chi connectivity index (χ0n) is 11.6. The molecular weight excluding hydrogens is 254 g/mol. The van der Waals surface area contributed by atoms with E-state index >= 15 is 0 Å². The summed E-state index contributed by atoms with van der Waals surface area (Å²) in [4.78, 5) is 15.8. The maximum absolute atomic E-state index is 12.6. The SMILES string of the molecule is CCCOc1cccc2[nH]cc(C(=O)C3CCOC3)c12. The van der Waals surface area contributed by atoms with Gasteiger partial charge in [0.05, 0.1) is 18.6 Å². The van der Waals surface area contributed by atoms with E-state index in [9.17, 15) is 4.79 Å². The maximum Gasteiger partial charge on any atom is 0.170 e. The summed E-state index contributed by atoms with van der Waals surface area (Å²) in [5.74, 6) is 0.919. The molecule has 1 saturated heterocycles. The van der Waals surface area contributed by atoms with E-state index in [1.54, 1.807) is 6.20 Å². The molecule has 0 radical (unpaired) electrons. The molecule has 20 heavy (non-hydrogen) atoms. The number of ketones is 1. The third-order valence-electron chi connectivity index (χ3n) is 3.70. The Hall–Kier alpha value is -1.81. The van der Waals surface area contributed by atoms with Gasteiger partial charge in [0.25, 0.3) is 0 Å². The molecule has 1 aromatic heterocycles. The van der Waals surface area contributed by atoms with Crippen LogP contribution in [-0.4, -0.2) is 30.6 Å². The van der Waals surface area contributed by atoms with Crippen molar-refractivity contribution < 1.29 is 14.3 Å². The number of benzene rings is 1. The van der Waals surface area contributed by atoms with Gasteiger partial charge in [0.1, 0.15) is 5.75 Å². The van der Waals surface area contributed by atoms with Gasteiger partial charge >= 0.3 is 0 Å². The van der Waals surface area contributed by atoms with Gasteiger partial charge in [0, 0.05) is 29.8 Å². The van der Waals surface area contributed by atoms with E-state index in [2.05, 4.69) is 11.9 Å². The number of rotatable bonds is 5. The highest BCUT2D eigenvalue weighted by Crippen LogP contribution is 2.31. The number of carbonyl (C=O) groups excluding carboxylic acids is 1. The summed E-state index contributed by atoms with van der Waals surface area (Å²) in [6.45, 7) is 3.94. The minimum Gasteiger partial charge on any atom is -0.493 e. The van der Waals surface area contributed by atoms with Gasteiger partial charge < -0.3 is 14.5 Å². The molecule has 1 unspecified atom stereocenters. The van der Waals surface area contributed by atoms with Crippen molar-refractivity contribution in [2.24, 2.45) is 5.92 Å². The summed E-state index contributed by atoms with van der Waals surface area (Å²) in [7, 11) is 0. The van der Waals surface area contributed by atoms with Gasteiger partial charge in [-0.05, 0) is 25.0 Å². The summed E-state index contributed by atoms with van der Waals surface area (Å²) in [6, 6.07) is 5.83. The van der Waals surface area contributed by atoms with E-state index in [4.69, 9.17) is 9.47 Å². The van der Waals surface area contributed by atoms with Gasteiger partial charge in [-0.15, -0.1) is 0 Å².